The number of amides is 1. The lowest BCUT2D eigenvalue weighted by atomic mass is 10.1. The van der Waals surface area contributed by atoms with Gasteiger partial charge in [-0.1, -0.05) is 23.7 Å². The van der Waals surface area contributed by atoms with E-state index in [2.05, 4.69) is 5.32 Å². The Kier molecular flexibility index (Phi) is 4.95. The molecule has 2 aromatic carbocycles. The molecule has 0 spiro atoms. The van der Waals surface area contributed by atoms with Gasteiger partial charge in [-0.15, -0.1) is 0 Å². The molecular weight excluding hydrogens is 308 g/mol. The van der Waals surface area contributed by atoms with Gasteiger partial charge in [0.2, 0.25) is 0 Å². The van der Waals surface area contributed by atoms with Crippen molar-refractivity contribution in [3.05, 3.63) is 68.7 Å². The molecule has 1 N–H and O–H groups in total. The number of carbonyl (C=O) groups excluding carboxylic acids is 1. The van der Waals surface area contributed by atoms with Crippen molar-refractivity contribution < 1.29 is 14.5 Å². The lowest BCUT2D eigenvalue weighted by molar-refractivity contribution is -0.385. The van der Waals surface area contributed by atoms with Crippen LogP contribution in [0.3, 0.4) is 0 Å². The molecule has 114 valence electrons. The first-order valence-corrected chi connectivity index (χ1v) is 6.74. The van der Waals surface area contributed by atoms with E-state index in [-0.39, 0.29) is 17.0 Å². The second kappa shape index (κ2) is 6.91. The normalized spacial score (nSPS) is 10.1. The van der Waals surface area contributed by atoms with Gasteiger partial charge in [-0.05, 0) is 29.8 Å². The van der Waals surface area contributed by atoms with Gasteiger partial charge >= 0.3 is 5.69 Å². The minimum absolute atomic E-state index is 0.110. The highest BCUT2D eigenvalue weighted by Gasteiger charge is 2.17. The van der Waals surface area contributed by atoms with Crippen molar-refractivity contribution in [1.82, 2.24) is 5.32 Å². The molecule has 2 rings (SSSR count). The predicted octanol–water partition coefficient (Wildman–Crippen LogP) is 3.19. The maximum atomic E-state index is 12.1. The minimum atomic E-state index is -0.588. The summed E-state index contributed by atoms with van der Waals surface area (Å²) < 4.78 is 4.90. The summed E-state index contributed by atoms with van der Waals surface area (Å²) in [5, 5.41) is 14.3. The molecule has 22 heavy (non-hydrogen) atoms. The zero-order chi connectivity index (χ0) is 16.1. The standard InChI is InChI=1S/C15H13ClN2O4/c1-22-14-7-4-11(8-13(14)18(20)21)15(19)17-9-10-2-5-12(16)6-3-10/h2-8H,9H2,1H3,(H,17,19). The number of benzene rings is 2. The molecule has 0 heterocycles. The number of nitro groups is 1. The van der Waals surface area contributed by atoms with Gasteiger partial charge in [0.1, 0.15) is 0 Å². The molecule has 0 unspecified atom stereocenters. The third kappa shape index (κ3) is 3.73. The van der Waals surface area contributed by atoms with E-state index in [0.29, 0.717) is 11.6 Å². The summed E-state index contributed by atoms with van der Waals surface area (Å²) in [6, 6.07) is 11.1. The molecule has 0 atom stereocenters. The Morgan fingerprint density at radius 3 is 2.55 bits per heavy atom. The Bertz CT molecular complexity index is 701. The second-order valence-corrected chi connectivity index (χ2v) is 4.89. The van der Waals surface area contributed by atoms with E-state index in [0.717, 1.165) is 5.56 Å². The number of halogens is 1. The van der Waals surface area contributed by atoms with E-state index in [4.69, 9.17) is 16.3 Å². The summed E-state index contributed by atoms with van der Waals surface area (Å²) in [5.41, 5.74) is 0.823. The summed E-state index contributed by atoms with van der Waals surface area (Å²) in [5.74, 6) is -0.292. The topological polar surface area (TPSA) is 81.5 Å². The smallest absolute Gasteiger partial charge is 0.311 e. The minimum Gasteiger partial charge on any atom is -0.490 e. The van der Waals surface area contributed by atoms with Crippen molar-refractivity contribution in [2.75, 3.05) is 7.11 Å². The van der Waals surface area contributed by atoms with Crippen molar-refractivity contribution in [3.8, 4) is 5.75 Å². The Morgan fingerprint density at radius 2 is 1.95 bits per heavy atom. The van der Waals surface area contributed by atoms with Gasteiger partial charge in [0.05, 0.1) is 12.0 Å². The van der Waals surface area contributed by atoms with E-state index in [1.54, 1.807) is 24.3 Å². The van der Waals surface area contributed by atoms with Crippen LogP contribution >= 0.6 is 11.6 Å². The third-order valence-corrected chi connectivity index (χ3v) is 3.26. The van der Waals surface area contributed by atoms with E-state index in [1.165, 1.54) is 25.3 Å². The molecule has 0 fully saturated rings. The number of carbonyl (C=O) groups is 1. The van der Waals surface area contributed by atoms with Crippen molar-refractivity contribution in [2.45, 2.75) is 6.54 Å². The van der Waals surface area contributed by atoms with Crippen molar-refractivity contribution >= 4 is 23.2 Å². The summed E-state index contributed by atoms with van der Waals surface area (Å²) in [4.78, 5) is 22.4. The van der Waals surface area contributed by atoms with Crippen LogP contribution in [-0.4, -0.2) is 17.9 Å². The van der Waals surface area contributed by atoms with Crippen LogP contribution in [-0.2, 0) is 6.54 Å². The van der Waals surface area contributed by atoms with Crippen molar-refractivity contribution in [3.63, 3.8) is 0 Å². The van der Waals surface area contributed by atoms with Crippen LogP contribution in [0.4, 0.5) is 5.69 Å². The fourth-order valence-electron chi connectivity index (χ4n) is 1.86. The van der Waals surface area contributed by atoms with Gasteiger partial charge in [0.15, 0.2) is 5.75 Å². The summed E-state index contributed by atoms with van der Waals surface area (Å²) >= 11 is 5.78. The number of rotatable bonds is 5. The maximum Gasteiger partial charge on any atom is 0.311 e. The number of nitrogens with one attached hydrogen (secondary N) is 1. The van der Waals surface area contributed by atoms with Crippen molar-refractivity contribution in [1.29, 1.82) is 0 Å². The van der Waals surface area contributed by atoms with Crippen molar-refractivity contribution in [2.24, 2.45) is 0 Å². The van der Waals surface area contributed by atoms with Gasteiger partial charge in [-0.25, -0.2) is 0 Å². The van der Waals surface area contributed by atoms with Gasteiger partial charge in [-0.3, -0.25) is 14.9 Å². The van der Waals surface area contributed by atoms with E-state index >= 15 is 0 Å². The average Bonchev–Trinajstić information content (AvgIpc) is 2.53. The van der Waals surface area contributed by atoms with Crippen LogP contribution in [0.2, 0.25) is 5.02 Å². The lowest BCUT2D eigenvalue weighted by Gasteiger charge is -2.07. The number of hydrogen-bond donors (Lipinski definition) is 1. The highest BCUT2D eigenvalue weighted by molar-refractivity contribution is 6.30. The summed E-state index contributed by atoms with van der Waals surface area (Å²) in [7, 11) is 1.34. The lowest BCUT2D eigenvalue weighted by Crippen LogP contribution is -2.22. The average molecular weight is 321 g/mol. The van der Waals surface area contributed by atoms with Gasteiger partial charge in [-0.2, -0.15) is 0 Å². The first-order chi connectivity index (χ1) is 10.5. The molecule has 0 aliphatic carbocycles. The van der Waals surface area contributed by atoms with Crippen LogP contribution < -0.4 is 10.1 Å². The van der Waals surface area contributed by atoms with Gasteiger partial charge in [0.25, 0.3) is 5.91 Å². The zero-order valence-corrected chi connectivity index (χ0v) is 12.5. The maximum absolute atomic E-state index is 12.1. The third-order valence-electron chi connectivity index (χ3n) is 3.00. The Labute approximate surface area is 131 Å². The van der Waals surface area contributed by atoms with E-state index < -0.39 is 10.8 Å². The molecule has 6 nitrogen and oxygen atoms in total. The van der Waals surface area contributed by atoms with Crippen LogP contribution in [0.5, 0.6) is 5.75 Å². The number of nitro benzene ring substituents is 1. The highest BCUT2D eigenvalue weighted by atomic mass is 35.5. The monoisotopic (exact) mass is 320 g/mol. The highest BCUT2D eigenvalue weighted by Crippen LogP contribution is 2.27. The molecule has 0 saturated heterocycles. The fraction of sp³-hybridized carbons (Fsp3) is 0.133. The van der Waals surface area contributed by atoms with Gasteiger partial charge in [0, 0.05) is 23.2 Å². The number of ether oxygens (including phenoxy) is 1. The summed E-state index contributed by atoms with van der Waals surface area (Å²) in [6.07, 6.45) is 0. The molecular formula is C15H13ClN2O4. The molecule has 0 aromatic heterocycles. The van der Waals surface area contributed by atoms with E-state index in [1.807, 2.05) is 0 Å². The summed E-state index contributed by atoms with van der Waals surface area (Å²) in [6.45, 7) is 0.301. The number of methoxy groups -OCH3 is 1. The molecule has 0 radical (unpaired) electrons. The largest absolute Gasteiger partial charge is 0.490 e. The quantitative estimate of drug-likeness (QED) is 0.677. The molecule has 0 aliphatic heterocycles. The first-order valence-electron chi connectivity index (χ1n) is 6.36. The van der Waals surface area contributed by atoms with Crippen LogP contribution in [0.25, 0.3) is 0 Å². The SMILES string of the molecule is COc1ccc(C(=O)NCc2ccc(Cl)cc2)cc1[N+](=O)[O-]. The Morgan fingerprint density at radius 1 is 1.27 bits per heavy atom. The van der Waals surface area contributed by atoms with Crippen LogP contribution in [0.15, 0.2) is 42.5 Å². The molecule has 1 amide bonds. The molecule has 0 aliphatic rings. The van der Waals surface area contributed by atoms with Gasteiger partial charge < -0.3 is 10.1 Å². The van der Waals surface area contributed by atoms with Crippen LogP contribution in [0, 0.1) is 10.1 Å². The molecule has 2 aromatic rings. The molecule has 7 heteroatoms. The van der Waals surface area contributed by atoms with E-state index in [9.17, 15) is 14.9 Å². The zero-order valence-electron chi connectivity index (χ0n) is 11.7. The fourth-order valence-corrected chi connectivity index (χ4v) is 1.99. The second-order valence-electron chi connectivity index (χ2n) is 4.45. The predicted molar refractivity (Wildman–Crippen MR) is 82.3 cm³/mol. The first kappa shape index (κ1) is 15.8. The molecule has 0 saturated carbocycles. The molecule has 0 bridgehead atoms. The number of hydrogen-bond acceptors (Lipinski definition) is 4. The number of nitrogens with zero attached hydrogens (tertiary/aromatic N) is 1. The Balaban J connectivity index is 2.10. The van der Waals surface area contributed by atoms with Crippen LogP contribution in [0.1, 0.15) is 15.9 Å². The Hall–Kier alpha value is -2.60.